The van der Waals surface area contributed by atoms with Crippen LogP contribution in [0.1, 0.15) is 12.5 Å². The second kappa shape index (κ2) is 9.96. The average molecular weight is 418 g/mol. The molecule has 1 amide bonds. The number of carbonyl (C=O) groups excluding carboxylic acids is 1. The molecule has 0 bridgehead atoms. The number of aliphatic hydroxyl groups is 1. The van der Waals surface area contributed by atoms with E-state index in [2.05, 4.69) is 21.2 Å². The molecule has 1 saturated heterocycles. The van der Waals surface area contributed by atoms with E-state index in [0.717, 1.165) is 48.1 Å². The normalized spacial score (nSPS) is 15.8. The third-order valence-corrected chi connectivity index (χ3v) is 5.39. The van der Waals surface area contributed by atoms with Crippen molar-refractivity contribution < 1.29 is 14.6 Å². The van der Waals surface area contributed by atoms with Crippen LogP contribution in [0.2, 0.25) is 5.02 Å². The number of piperazine rings is 1. The minimum Gasteiger partial charge on any atom is -0.491 e. The first-order valence-electron chi connectivity index (χ1n) is 9.82. The zero-order valence-electron chi connectivity index (χ0n) is 16.9. The van der Waals surface area contributed by atoms with Gasteiger partial charge in [0.2, 0.25) is 5.91 Å². The number of nitrogens with zero attached hydrogens (tertiary/aromatic N) is 2. The summed E-state index contributed by atoms with van der Waals surface area (Å²) in [5, 5.41) is 13.8. The van der Waals surface area contributed by atoms with Crippen LogP contribution in [0.25, 0.3) is 0 Å². The van der Waals surface area contributed by atoms with Crippen LogP contribution in [-0.4, -0.2) is 61.3 Å². The number of halogens is 1. The number of nitrogens with one attached hydrogen (secondary N) is 1. The fourth-order valence-electron chi connectivity index (χ4n) is 3.35. The number of carbonyl (C=O) groups is 1. The number of benzene rings is 2. The molecule has 0 radical (unpaired) electrons. The second-order valence-electron chi connectivity index (χ2n) is 7.39. The van der Waals surface area contributed by atoms with E-state index in [9.17, 15) is 9.90 Å². The Balaban J connectivity index is 1.40. The van der Waals surface area contributed by atoms with Gasteiger partial charge in [-0.3, -0.25) is 9.69 Å². The molecule has 1 fully saturated rings. The number of hydrogen-bond acceptors (Lipinski definition) is 5. The van der Waals surface area contributed by atoms with Crippen LogP contribution in [0.4, 0.5) is 11.4 Å². The minimum atomic E-state index is -0.564. The van der Waals surface area contributed by atoms with Crippen molar-refractivity contribution in [3.63, 3.8) is 0 Å². The third kappa shape index (κ3) is 6.35. The van der Waals surface area contributed by atoms with Crippen LogP contribution >= 0.6 is 11.6 Å². The Hall–Kier alpha value is -2.28. The Morgan fingerprint density at radius 3 is 2.48 bits per heavy atom. The van der Waals surface area contributed by atoms with Gasteiger partial charge in [-0.15, -0.1) is 0 Å². The van der Waals surface area contributed by atoms with Crippen molar-refractivity contribution in [3.05, 3.63) is 53.1 Å². The standard InChI is InChI=1S/C22H28ClN3O3/c1-16-3-6-19(13-22(16)23)26-11-9-25(10-12-26)14-20(28)15-29-21-7-4-18(5-8-21)24-17(2)27/h3-8,13,20,28H,9-12,14-15H2,1-2H3,(H,24,27)/t20-/m1/s1. The quantitative estimate of drug-likeness (QED) is 0.724. The van der Waals surface area contributed by atoms with E-state index in [0.29, 0.717) is 12.3 Å². The molecule has 2 N–H and O–H groups in total. The van der Waals surface area contributed by atoms with Crippen molar-refractivity contribution >= 4 is 28.9 Å². The molecule has 0 spiro atoms. The molecule has 0 aliphatic carbocycles. The van der Waals surface area contributed by atoms with Crippen molar-refractivity contribution in [2.75, 3.05) is 49.5 Å². The Bertz CT molecular complexity index is 821. The summed E-state index contributed by atoms with van der Waals surface area (Å²) in [6, 6.07) is 13.3. The molecule has 2 aromatic carbocycles. The lowest BCUT2D eigenvalue weighted by atomic mass is 10.2. The van der Waals surface area contributed by atoms with Crippen LogP contribution in [-0.2, 0) is 4.79 Å². The summed E-state index contributed by atoms with van der Waals surface area (Å²) in [5.41, 5.74) is 2.95. The molecule has 1 aliphatic rings. The molecule has 0 saturated carbocycles. The summed E-state index contributed by atoms with van der Waals surface area (Å²) in [5.74, 6) is 0.555. The number of aliphatic hydroxyl groups excluding tert-OH is 1. The van der Waals surface area contributed by atoms with Crippen molar-refractivity contribution in [2.45, 2.75) is 20.0 Å². The maximum Gasteiger partial charge on any atom is 0.221 e. The Labute approximate surface area is 177 Å². The van der Waals surface area contributed by atoms with Crippen LogP contribution in [0.3, 0.4) is 0 Å². The van der Waals surface area contributed by atoms with E-state index >= 15 is 0 Å². The Kier molecular flexibility index (Phi) is 7.36. The van der Waals surface area contributed by atoms with Gasteiger partial charge in [0.25, 0.3) is 0 Å². The highest BCUT2D eigenvalue weighted by molar-refractivity contribution is 6.31. The minimum absolute atomic E-state index is 0.111. The first kappa shape index (κ1) is 21.4. The number of rotatable bonds is 7. The maximum atomic E-state index is 11.0. The third-order valence-electron chi connectivity index (χ3n) is 4.98. The lowest BCUT2D eigenvalue weighted by Gasteiger charge is -2.37. The highest BCUT2D eigenvalue weighted by atomic mass is 35.5. The van der Waals surface area contributed by atoms with Crippen LogP contribution in [0, 0.1) is 6.92 Å². The smallest absolute Gasteiger partial charge is 0.221 e. The summed E-state index contributed by atoms with van der Waals surface area (Å²) in [6.07, 6.45) is -0.564. The molecule has 29 heavy (non-hydrogen) atoms. The largest absolute Gasteiger partial charge is 0.491 e. The van der Waals surface area contributed by atoms with E-state index in [1.165, 1.54) is 6.92 Å². The van der Waals surface area contributed by atoms with Gasteiger partial charge in [-0.2, -0.15) is 0 Å². The molecule has 1 atom stereocenters. The first-order valence-corrected chi connectivity index (χ1v) is 10.2. The molecule has 7 heteroatoms. The van der Waals surface area contributed by atoms with Gasteiger partial charge in [-0.25, -0.2) is 0 Å². The molecule has 0 aromatic heterocycles. The van der Waals surface area contributed by atoms with E-state index in [1.807, 2.05) is 19.1 Å². The predicted octanol–water partition coefficient (Wildman–Crippen LogP) is 3.17. The van der Waals surface area contributed by atoms with E-state index in [-0.39, 0.29) is 12.5 Å². The van der Waals surface area contributed by atoms with Gasteiger partial charge in [-0.1, -0.05) is 17.7 Å². The van der Waals surface area contributed by atoms with E-state index < -0.39 is 6.10 Å². The van der Waals surface area contributed by atoms with Gasteiger partial charge in [-0.05, 0) is 48.9 Å². The van der Waals surface area contributed by atoms with Gasteiger partial charge in [0, 0.05) is 56.0 Å². The lowest BCUT2D eigenvalue weighted by molar-refractivity contribution is -0.114. The van der Waals surface area contributed by atoms with Crippen molar-refractivity contribution in [1.29, 1.82) is 0 Å². The lowest BCUT2D eigenvalue weighted by Crippen LogP contribution is -2.49. The molecular formula is C22H28ClN3O3. The molecule has 156 valence electrons. The number of β-amino-alcohol motifs (C(OH)–C–C–N with tert-alkyl or cyclic N) is 1. The number of hydrogen-bond donors (Lipinski definition) is 2. The SMILES string of the molecule is CC(=O)Nc1ccc(OC[C@H](O)CN2CCN(c3ccc(C)c(Cl)c3)CC2)cc1. The molecule has 1 heterocycles. The molecule has 2 aromatic rings. The highest BCUT2D eigenvalue weighted by Crippen LogP contribution is 2.24. The Morgan fingerprint density at radius 2 is 1.86 bits per heavy atom. The van der Waals surface area contributed by atoms with Crippen molar-refractivity contribution in [2.24, 2.45) is 0 Å². The molecule has 1 aliphatic heterocycles. The fourth-order valence-corrected chi connectivity index (χ4v) is 3.52. The van der Waals surface area contributed by atoms with Gasteiger partial charge in [0.05, 0.1) is 0 Å². The monoisotopic (exact) mass is 417 g/mol. The van der Waals surface area contributed by atoms with Crippen LogP contribution < -0.4 is 15.0 Å². The number of ether oxygens (including phenoxy) is 1. The highest BCUT2D eigenvalue weighted by Gasteiger charge is 2.20. The zero-order chi connectivity index (χ0) is 20.8. The van der Waals surface area contributed by atoms with E-state index in [1.54, 1.807) is 24.3 Å². The molecule has 3 rings (SSSR count). The first-order chi connectivity index (χ1) is 13.9. The van der Waals surface area contributed by atoms with Gasteiger partial charge >= 0.3 is 0 Å². The molecular weight excluding hydrogens is 390 g/mol. The summed E-state index contributed by atoms with van der Waals surface area (Å²) >= 11 is 6.24. The number of aryl methyl sites for hydroxylation is 1. The molecule has 0 unspecified atom stereocenters. The maximum absolute atomic E-state index is 11.0. The average Bonchev–Trinajstić information content (AvgIpc) is 2.70. The summed E-state index contributed by atoms with van der Waals surface area (Å²) in [7, 11) is 0. The fraction of sp³-hybridized carbons (Fsp3) is 0.409. The summed E-state index contributed by atoms with van der Waals surface area (Å²) in [4.78, 5) is 15.6. The van der Waals surface area contributed by atoms with Crippen LogP contribution in [0.15, 0.2) is 42.5 Å². The van der Waals surface area contributed by atoms with Gasteiger partial charge in [0.1, 0.15) is 18.5 Å². The van der Waals surface area contributed by atoms with Crippen molar-refractivity contribution in [3.8, 4) is 5.75 Å². The van der Waals surface area contributed by atoms with Crippen molar-refractivity contribution in [1.82, 2.24) is 4.90 Å². The zero-order valence-corrected chi connectivity index (χ0v) is 17.7. The van der Waals surface area contributed by atoms with Gasteiger partial charge < -0.3 is 20.1 Å². The molecule has 6 nitrogen and oxygen atoms in total. The number of amides is 1. The van der Waals surface area contributed by atoms with E-state index in [4.69, 9.17) is 16.3 Å². The van der Waals surface area contributed by atoms with Crippen LogP contribution in [0.5, 0.6) is 5.75 Å². The summed E-state index contributed by atoms with van der Waals surface area (Å²) in [6.45, 7) is 7.85. The topological polar surface area (TPSA) is 65.0 Å². The Morgan fingerprint density at radius 1 is 1.17 bits per heavy atom. The summed E-state index contributed by atoms with van der Waals surface area (Å²) < 4.78 is 5.67. The second-order valence-corrected chi connectivity index (χ2v) is 7.80. The van der Waals surface area contributed by atoms with Gasteiger partial charge in [0.15, 0.2) is 0 Å². The predicted molar refractivity (Wildman–Crippen MR) is 117 cm³/mol. The number of anilines is 2.